The first-order chi connectivity index (χ1) is 11.6. The molecule has 24 heavy (non-hydrogen) atoms. The predicted molar refractivity (Wildman–Crippen MR) is 96.4 cm³/mol. The van der Waals surface area contributed by atoms with Crippen molar-refractivity contribution < 1.29 is 9.59 Å². The first-order valence-electron chi connectivity index (χ1n) is 8.12. The zero-order chi connectivity index (χ0) is 17.5. The Kier molecular flexibility index (Phi) is 6.43. The van der Waals surface area contributed by atoms with Gasteiger partial charge in [0.1, 0.15) is 5.01 Å². The molecule has 2 N–H and O–H groups in total. The van der Waals surface area contributed by atoms with Crippen molar-refractivity contribution in [3.05, 3.63) is 34.8 Å². The zero-order valence-electron chi connectivity index (χ0n) is 14.1. The normalized spacial score (nSPS) is 10.7. The number of carbonyl (C=O) groups excluding carboxylic acids is 2. The minimum absolute atomic E-state index is 0.0122. The third-order valence-electron chi connectivity index (χ3n) is 3.76. The summed E-state index contributed by atoms with van der Waals surface area (Å²) in [6, 6.07) is 6.82. The molecular formula is C17H22N4O2S. The van der Waals surface area contributed by atoms with E-state index < -0.39 is 0 Å². The Balaban J connectivity index is 1.98. The Morgan fingerprint density at radius 1 is 1.04 bits per heavy atom. The van der Waals surface area contributed by atoms with E-state index in [1.807, 2.05) is 20.8 Å². The molecule has 0 radical (unpaired) electrons. The van der Waals surface area contributed by atoms with Gasteiger partial charge in [0.25, 0.3) is 5.91 Å². The average molecular weight is 346 g/mol. The first kappa shape index (κ1) is 18.1. The maximum atomic E-state index is 12.2. The molecule has 0 atom stereocenters. The molecule has 0 bridgehead atoms. The van der Waals surface area contributed by atoms with Crippen LogP contribution in [0.25, 0.3) is 0 Å². The molecule has 0 aliphatic heterocycles. The number of nitrogens with zero attached hydrogens (tertiary/aromatic N) is 2. The zero-order valence-corrected chi connectivity index (χ0v) is 14.9. The molecule has 6 nitrogen and oxygen atoms in total. The van der Waals surface area contributed by atoms with Crippen molar-refractivity contribution in [2.24, 2.45) is 5.92 Å². The van der Waals surface area contributed by atoms with Crippen LogP contribution in [0, 0.1) is 5.92 Å². The van der Waals surface area contributed by atoms with E-state index >= 15 is 0 Å². The van der Waals surface area contributed by atoms with Crippen LogP contribution in [0.1, 0.15) is 49.0 Å². The molecule has 0 saturated heterocycles. The van der Waals surface area contributed by atoms with Crippen LogP contribution in [0.15, 0.2) is 24.3 Å². The van der Waals surface area contributed by atoms with Gasteiger partial charge in [-0.2, -0.15) is 0 Å². The third kappa shape index (κ3) is 4.61. The number of anilines is 2. The molecule has 0 fully saturated rings. The van der Waals surface area contributed by atoms with Crippen LogP contribution in [-0.2, 0) is 11.2 Å². The number of aromatic nitrogens is 2. The summed E-state index contributed by atoms with van der Waals surface area (Å²) in [5, 5.41) is 14.9. The molecule has 2 amide bonds. The highest BCUT2D eigenvalue weighted by Gasteiger charge is 2.14. The Morgan fingerprint density at radius 2 is 1.71 bits per heavy atom. The maximum absolute atomic E-state index is 12.2. The summed E-state index contributed by atoms with van der Waals surface area (Å²) in [6.45, 7) is 5.98. The molecular weight excluding hydrogens is 324 g/mol. The van der Waals surface area contributed by atoms with Gasteiger partial charge in [-0.05, 0) is 43.5 Å². The van der Waals surface area contributed by atoms with Gasteiger partial charge in [-0.3, -0.25) is 14.9 Å². The van der Waals surface area contributed by atoms with E-state index in [1.54, 1.807) is 24.3 Å². The summed E-state index contributed by atoms with van der Waals surface area (Å²) in [6.07, 6.45) is 2.41. The second kappa shape index (κ2) is 8.54. The van der Waals surface area contributed by atoms with Gasteiger partial charge in [-0.15, -0.1) is 10.2 Å². The molecule has 128 valence electrons. The van der Waals surface area contributed by atoms with Gasteiger partial charge in [-0.25, -0.2) is 0 Å². The van der Waals surface area contributed by atoms with Crippen LogP contribution in [0.3, 0.4) is 0 Å². The lowest BCUT2D eigenvalue weighted by atomic mass is 10.0. The van der Waals surface area contributed by atoms with Gasteiger partial charge >= 0.3 is 0 Å². The van der Waals surface area contributed by atoms with Crippen molar-refractivity contribution in [3.63, 3.8) is 0 Å². The van der Waals surface area contributed by atoms with Crippen molar-refractivity contribution in [1.82, 2.24) is 10.2 Å². The van der Waals surface area contributed by atoms with Crippen molar-refractivity contribution in [2.45, 2.75) is 40.0 Å². The first-order valence-corrected chi connectivity index (χ1v) is 8.93. The molecule has 1 aromatic heterocycles. The van der Waals surface area contributed by atoms with E-state index in [1.165, 1.54) is 11.3 Å². The Bertz CT molecular complexity index is 693. The van der Waals surface area contributed by atoms with E-state index in [-0.39, 0.29) is 17.7 Å². The van der Waals surface area contributed by atoms with Crippen LogP contribution in [0.5, 0.6) is 0 Å². The molecule has 7 heteroatoms. The van der Waals surface area contributed by atoms with Crippen LogP contribution in [0.2, 0.25) is 0 Å². The molecule has 0 saturated carbocycles. The summed E-state index contributed by atoms with van der Waals surface area (Å²) >= 11 is 1.36. The van der Waals surface area contributed by atoms with E-state index in [9.17, 15) is 9.59 Å². The summed E-state index contributed by atoms with van der Waals surface area (Å²) < 4.78 is 0. The number of rotatable bonds is 7. The maximum Gasteiger partial charge on any atom is 0.257 e. The fraction of sp³-hybridized carbons (Fsp3) is 0.412. The molecule has 2 rings (SSSR count). The van der Waals surface area contributed by atoms with E-state index in [2.05, 4.69) is 20.8 Å². The number of aryl methyl sites for hydroxylation is 1. The predicted octanol–water partition coefficient (Wildman–Crippen LogP) is 3.73. The monoisotopic (exact) mass is 346 g/mol. The quantitative estimate of drug-likeness (QED) is 0.800. The highest BCUT2D eigenvalue weighted by Crippen LogP contribution is 2.18. The Labute approximate surface area is 145 Å². The number of nitrogens with one attached hydrogen (secondary N) is 2. The second-order valence-corrected chi connectivity index (χ2v) is 6.45. The van der Waals surface area contributed by atoms with Gasteiger partial charge in [0, 0.05) is 17.2 Å². The van der Waals surface area contributed by atoms with Crippen molar-refractivity contribution in [1.29, 1.82) is 0 Å². The average Bonchev–Trinajstić information content (AvgIpc) is 3.04. The largest absolute Gasteiger partial charge is 0.326 e. The van der Waals surface area contributed by atoms with E-state index in [4.69, 9.17) is 0 Å². The number of hydrogen-bond acceptors (Lipinski definition) is 5. The molecule has 0 aliphatic rings. The van der Waals surface area contributed by atoms with Gasteiger partial charge in [0.15, 0.2) is 0 Å². The molecule has 0 unspecified atom stereocenters. The van der Waals surface area contributed by atoms with Gasteiger partial charge in [-0.1, -0.05) is 32.1 Å². The van der Waals surface area contributed by atoms with Gasteiger partial charge in [0.05, 0.1) is 0 Å². The second-order valence-electron chi connectivity index (χ2n) is 5.39. The molecule has 0 aliphatic carbocycles. The minimum Gasteiger partial charge on any atom is -0.326 e. The minimum atomic E-state index is -0.244. The van der Waals surface area contributed by atoms with Crippen LogP contribution in [-0.4, -0.2) is 22.0 Å². The highest BCUT2D eigenvalue weighted by molar-refractivity contribution is 7.15. The van der Waals surface area contributed by atoms with Gasteiger partial charge < -0.3 is 5.32 Å². The van der Waals surface area contributed by atoms with Crippen molar-refractivity contribution in [3.8, 4) is 0 Å². The van der Waals surface area contributed by atoms with Crippen LogP contribution < -0.4 is 10.6 Å². The number of benzene rings is 1. The number of hydrogen-bond donors (Lipinski definition) is 2. The lowest BCUT2D eigenvalue weighted by Crippen LogP contribution is -2.21. The smallest absolute Gasteiger partial charge is 0.257 e. The Morgan fingerprint density at radius 3 is 2.25 bits per heavy atom. The summed E-state index contributed by atoms with van der Waals surface area (Å²) in [5.41, 5.74) is 1.19. The summed E-state index contributed by atoms with van der Waals surface area (Å²) in [7, 11) is 0. The van der Waals surface area contributed by atoms with Crippen LogP contribution >= 0.6 is 11.3 Å². The standard InChI is InChI=1S/C17H22N4O2S/c1-4-11(5-2)15(22)18-13-9-7-12(8-10-13)16(23)19-17-21-20-14(6-3)24-17/h7-11H,4-6H2,1-3H3,(H,18,22)(H,19,21,23). The van der Waals surface area contributed by atoms with Crippen molar-refractivity contribution in [2.75, 3.05) is 10.6 Å². The van der Waals surface area contributed by atoms with Gasteiger partial charge in [0.2, 0.25) is 11.0 Å². The third-order valence-corrected chi connectivity index (χ3v) is 4.74. The summed E-state index contributed by atoms with van der Waals surface area (Å²) in [5.74, 6) is -0.219. The molecule has 2 aromatic rings. The lowest BCUT2D eigenvalue weighted by Gasteiger charge is -2.12. The summed E-state index contributed by atoms with van der Waals surface area (Å²) in [4.78, 5) is 24.2. The Hall–Kier alpha value is -2.28. The molecule has 0 spiro atoms. The molecule has 1 aromatic carbocycles. The van der Waals surface area contributed by atoms with E-state index in [0.717, 1.165) is 24.3 Å². The van der Waals surface area contributed by atoms with Crippen molar-refractivity contribution >= 4 is 34.0 Å². The SMILES string of the molecule is CCc1nnc(NC(=O)c2ccc(NC(=O)C(CC)CC)cc2)s1. The number of amides is 2. The lowest BCUT2D eigenvalue weighted by molar-refractivity contribution is -0.120. The number of carbonyl (C=O) groups is 2. The topological polar surface area (TPSA) is 84.0 Å². The van der Waals surface area contributed by atoms with Crippen LogP contribution in [0.4, 0.5) is 10.8 Å². The fourth-order valence-corrected chi connectivity index (χ4v) is 2.90. The molecule has 1 heterocycles. The highest BCUT2D eigenvalue weighted by atomic mass is 32.1. The fourth-order valence-electron chi connectivity index (χ4n) is 2.23. The van der Waals surface area contributed by atoms with E-state index in [0.29, 0.717) is 16.4 Å².